The summed E-state index contributed by atoms with van der Waals surface area (Å²) in [7, 11) is 0. The molecule has 0 unspecified atom stereocenters. The summed E-state index contributed by atoms with van der Waals surface area (Å²) in [5.41, 5.74) is 4.47. The molecular formula is C14H17N. The Bertz CT molecular complexity index is 399. The molecule has 0 aromatic heterocycles. The fraction of sp³-hybridized carbons (Fsp3) is 0.357. The number of nitriles is 1. The van der Waals surface area contributed by atoms with E-state index in [0.29, 0.717) is 0 Å². The number of hydrogen-bond donors (Lipinski definition) is 0. The van der Waals surface area contributed by atoms with Crippen LogP contribution < -0.4 is 0 Å². The maximum atomic E-state index is 9.02. The molecule has 0 aliphatic heterocycles. The van der Waals surface area contributed by atoms with Crippen molar-refractivity contribution >= 4 is 6.08 Å². The Morgan fingerprint density at radius 3 is 2.20 bits per heavy atom. The summed E-state index contributed by atoms with van der Waals surface area (Å²) < 4.78 is 0. The summed E-state index contributed by atoms with van der Waals surface area (Å²) in [5.74, 6) is 0.286. The molecule has 1 aromatic carbocycles. The van der Waals surface area contributed by atoms with Gasteiger partial charge in [-0.2, -0.15) is 5.26 Å². The summed E-state index contributed by atoms with van der Waals surface area (Å²) >= 11 is 0. The molecule has 1 rings (SSSR count). The monoisotopic (exact) mass is 199 g/mol. The van der Waals surface area contributed by atoms with Gasteiger partial charge >= 0.3 is 0 Å². The first-order valence-corrected chi connectivity index (χ1v) is 5.24. The van der Waals surface area contributed by atoms with Crippen molar-refractivity contribution in [3.8, 4) is 6.07 Å². The molecule has 0 N–H and O–H groups in total. The third-order valence-corrected chi connectivity index (χ3v) is 2.59. The van der Waals surface area contributed by atoms with Crippen LogP contribution >= 0.6 is 0 Å². The van der Waals surface area contributed by atoms with E-state index < -0.39 is 0 Å². The summed E-state index contributed by atoms with van der Waals surface area (Å²) in [6, 6.07) is 8.47. The summed E-state index contributed by atoms with van der Waals surface area (Å²) in [4.78, 5) is 0. The standard InChI is InChI=1S/C14H17N/c1-10(2)13(9-15)8-14-11(3)6-5-7-12(14)4/h5-8,10H,1-4H3/b13-8-. The SMILES string of the molecule is Cc1cccc(C)c1/C=C(/C#N)C(C)C. The van der Waals surface area contributed by atoms with Gasteiger partial charge in [0.15, 0.2) is 0 Å². The lowest BCUT2D eigenvalue weighted by Gasteiger charge is -2.07. The number of aryl methyl sites for hydroxylation is 2. The molecular weight excluding hydrogens is 182 g/mol. The normalized spacial score (nSPS) is 11.6. The molecule has 1 heteroatoms. The Morgan fingerprint density at radius 2 is 1.80 bits per heavy atom. The average molecular weight is 199 g/mol. The second kappa shape index (κ2) is 4.79. The molecule has 0 aliphatic rings. The van der Waals surface area contributed by atoms with Gasteiger partial charge in [-0.25, -0.2) is 0 Å². The van der Waals surface area contributed by atoms with Gasteiger partial charge in [0.05, 0.1) is 6.07 Å². The van der Waals surface area contributed by atoms with E-state index in [1.165, 1.54) is 16.7 Å². The lowest BCUT2D eigenvalue weighted by Crippen LogP contribution is -1.93. The van der Waals surface area contributed by atoms with Crippen LogP contribution in [0.1, 0.15) is 30.5 Å². The molecule has 0 radical (unpaired) electrons. The minimum absolute atomic E-state index is 0.286. The first-order chi connectivity index (χ1) is 7.06. The molecule has 0 fully saturated rings. The quantitative estimate of drug-likeness (QED) is 0.663. The molecule has 1 aromatic rings. The van der Waals surface area contributed by atoms with Crippen molar-refractivity contribution in [3.63, 3.8) is 0 Å². The predicted octanol–water partition coefficient (Wildman–Crippen LogP) is 3.87. The van der Waals surface area contributed by atoms with E-state index in [1.54, 1.807) is 0 Å². The largest absolute Gasteiger partial charge is 0.193 e. The lowest BCUT2D eigenvalue weighted by atomic mass is 9.96. The van der Waals surface area contributed by atoms with Gasteiger partial charge in [-0.1, -0.05) is 32.0 Å². The van der Waals surface area contributed by atoms with Crippen molar-refractivity contribution in [1.82, 2.24) is 0 Å². The predicted molar refractivity (Wildman–Crippen MR) is 64.3 cm³/mol. The molecule has 0 heterocycles. The molecule has 0 spiro atoms. The molecule has 1 nitrogen and oxygen atoms in total. The van der Waals surface area contributed by atoms with E-state index >= 15 is 0 Å². The van der Waals surface area contributed by atoms with Gasteiger partial charge in [-0.15, -0.1) is 0 Å². The summed E-state index contributed by atoms with van der Waals surface area (Å²) in [6.07, 6.45) is 2.01. The average Bonchev–Trinajstić information content (AvgIpc) is 2.17. The topological polar surface area (TPSA) is 23.8 Å². The third-order valence-electron chi connectivity index (χ3n) is 2.59. The van der Waals surface area contributed by atoms with Gasteiger partial charge in [0, 0.05) is 5.57 Å². The molecule has 0 atom stereocenters. The molecule has 0 bridgehead atoms. The van der Waals surface area contributed by atoms with Crippen molar-refractivity contribution < 1.29 is 0 Å². The van der Waals surface area contributed by atoms with Crippen molar-refractivity contribution in [1.29, 1.82) is 5.26 Å². The van der Waals surface area contributed by atoms with E-state index in [-0.39, 0.29) is 5.92 Å². The molecule has 0 amide bonds. The van der Waals surface area contributed by atoms with Gasteiger partial charge in [-0.3, -0.25) is 0 Å². The third kappa shape index (κ3) is 2.70. The van der Waals surface area contributed by atoms with Gasteiger partial charge in [0.1, 0.15) is 0 Å². The highest BCUT2D eigenvalue weighted by Gasteiger charge is 2.04. The Hall–Kier alpha value is -1.55. The van der Waals surface area contributed by atoms with Crippen molar-refractivity contribution in [2.24, 2.45) is 5.92 Å². The van der Waals surface area contributed by atoms with Crippen LogP contribution in [0.15, 0.2) is 23.8 Å². The second-order valence-electron chi connectivity index (χ2n) is 4.17. The van der Waals surface area contributed by atoms with Crippen LogP contribution in [0, 0.1) is 31.1 Å². The number of hydrogen-bond acceptors (Lipinski definition) is 1. The van der Waals surface area contributed by atoms with E-state index in [1.807, 2.05) is 26.0 Å². The van der Waals surface area contributed by atoms with Crippen LogP contribution in [0.2, 0.25) is 0 Å². The highest BCUT2D eigenvalue weighted by Crippen LogP contribution is 2.19. The van der Waals surface area contributed by atoms with Crippen molar-refractivity contribution in [2.45, 2.75) is 27.7 Å². The Balaban J connectivity index is 3.24. The zero-order chi connectivity index (χ0) is 11.4. The Morgan fingerprint density at radius 1 is 1.27 bits per heavy atom. The van der Waals surface area contributed by atoms with Crippen LogP contribution in [-0.4, -0.2) is 0 Å². The second-order valence-corrected chi connectivity index (χ2v) is 4.17. The smallest absolute Gasteiger partial charge is 0.0950 e. The van der Waals surface area contributed by atoms with Crippen molar-refractivity contribution in [3.05, 3.63) is 40.5 Å². The fourth-order valence-electron chi connectivity index (χ4n) is 1.54. The Labute approximate surface area is 92.1 Å². The molecule has 78 valence electrons. The van der Waals surface area contributed by atoms with Gasteiger partial charge in [0.2, 0.25) is 0 Å². The minimum atomic E-state index is 0.286. The zero-order valence-electron chi connectivity index (χ0n) is 9.83. The lowest BCUT2D eigenvalue weighted by molar-refractivity contribution is 0.801. The van der Waals surface area contributed by atoms with E-state index in [0.717, 1.165) is 5.57 Å². The number of allylic oxidation sites excluding steroid dienone is 1. The number of rotatable bonds is 2. The van der Waals surface area contributed by atoms with Gasteiger partial charge in [-0.05, 0) is 42.5 Å². The summed E-state index contributed by atoms with van der Waals surface area (Å²) in [6.45, 7) is 8.24. The molecule has 15 heavy (non-hydrogen) atoms. The highest BCUT2D eigenvalue weighted by atomic mass is 14.3. The first kappa shape index (κ1) is 11.5. The van der Waals surface area contributed by atoms with E-state index in [2.05, 4.69) is 32.0 Å². The fourth-order valence-corrected chi connectivity index (χ4v) is 1.54. The zero-order valence-corrected chi connectivity index (χ0v) is 9.83. The minimum Gasteiger partial charge on any atom is -0.193 e. The maximum absolute atomic E-state index is 9.02. The van der Waals surface area contributed by atoms with Gasteiger partial charge in [0.25, 0.3) is 0 Å². The van der Waals surface area contributed by atoms with Crippen LogP contribution in [0.4, 0.5) is 0 Å². The highest BCUT2D eigenvalue weighted by molar-refractivity contribution is 5.63. The maximum Gasteiger partial charge on any atom is 0.0950 e. The van der Waals surface area contributed by atoms with Crippen LogP contribution in [-0.2, 0) is 0 Å². The van der Waals surface area contributed by atoms with Crippen LogP contribution in [0.5, 0.6) is 0 Å². The van der Waals surface area contributed by atoms with Gasteiger partial charge < -0.3 is 0 Å². The van der Waals surface area contributed by atoms with E-state index in [4.69, 9.17) is 5.26 Å². The van der Waals surface area contributed by atoms with Crippen molar-refractivity contribution in [2.75, 3.05) is 0 Å². The van der Waals surface area contributed by atoms with Crippen LogP contribution in [0.25, 0.3) is 6.08 Å². The molecule has 0 saturated carbocycles. The number of benzene rings is 1. The summed E-state index contributed by atoms with van der Waals surface area (Å²) in [5, 5.41) is 9.02. The molecule has 0 aliphatic carbocycles. The van der Waals surface area contributed by atoms with E-state index in [9.17, 15) is 0 Å². The number of nitrogens with zero attached hydrogens (tertiary/aromatic N) is 1. The molecule has 0 saturated heterocycles. The van der Waals surface area contributed by atoms with Crippen LogP contribution in [0.3, 0.4) is 0 Å². The first-order valence-electron chi connectivity index (χ1n) is 5.24. The Kier molecular flexibility index (Phi) is 3.68.